The molecule has 16 nitrogen and oxygen atoms in total. The highest BCUT2D eigenvalue weighted by atomic mass is 16.6. The van der Waals surface area contributed by atoms with Crippen LogP contribution in [0.5, 0.6) is 0 Å². The van der Waals surface area contributed by atoms with E-state index in [0.717, 1.165) is 36.4 Å². The predicted octanol–water partition coefficient (Wildman–Crippen LogP) is -1.08. The van der Waals surface area contributed by atoms with Gasteiger partial charge >= 0.3 is 0 Å². The molecular formula is C21H23N5O11. The Morgan fingerprint density at radius 1 is 0.703 bits per heavy atom. The number of nitro benzene ring substituents is 2. The summed E-state index contributed by atoms with van der Waals surface area (Å²) in [5.74, 6) is -2.74. The maximum Gasteiger partial charge on any atom is 0.272 e. The van der Waals surface area contributed by atoms with Crippen molar-refractivity contribution in [3.8, 4) is 0 Å². The van der Waals surface area contributed by atoms with Gasteiger partial charge in [-0.05, 0) is 12.1 Å². The topological polar surface area (TPSA) is 254 Å². The lowest BCUT2D eigenvalue weighted by Crippen LogP contribution is -2.34. The van der Waals surface area contributed by atoms with Gasteiger partial charge in [0.05, 0.1) is 35.3 Å². The van der Waals surface area contributed by atoms with Crippen LogP contribution in [0.4, 0.5) is 17.1 Å². The maximum absolute atomic E-state index is 12.8. The zero-order valence-electron chi connectivity index (χ0n) is 19.0. The van der Waals surface area contributed by atoms with Crippen LogP contribution in [-0.2, 0) is 0 Å². The first-order valence-electron chi connectivity index (χ1n) is 10.5. The molecule has 3 amide bonds. The first-order valence-corrected chi connectivity index (χ1v) is 10.5. The molecule has 0 radical (unpaired) electrons. The van der Waals surface area contributed by atoms with Gasteiger partial charge in [0, 0.05) is 59.7 Å². The average molecular weight is 521 g/mol. The van der Waals surface area contributed by atoms with Crippen molar-refractivity contribution < 1.29 is 44.7 Å². The van der Waals surface area contributed by atoms with Gasteiger partial charge in [-0.15, -0.1) is 0 Å². The lowest BCUT2D eigenvalue weighted by atomic mass is 10.1. The fourth-order valence-corrected chi connectivity index (χ4v) is 2.86. The van der Waals surface area contributed by atoms with E-state index in [9.17, 15) is 44.8 Å². The van der Waals surface area contributed by atoms with Gasteiger partial charge < -0.3 is 36.4 Å². The highest BCUT2D eigenvalue weighted by Gasteiger charge is 2.21. The monoisotopic (exact) mass is 521 g/mol. The van der Waals surface area contributed by atoms with E-state index in [-0.39, 0.29) is 35.5 Å². The minimum atomic E-state index is -1.28. The quantitative estimate of drug-likeness (QED) is 0.131. The minimum Gasteiger partial charge on any atom is -0.394 e. The first kappa shape index (κ1) is 28.7. The molecule has 198 valence electrons. The van der Waals surface area contributed by atoms with Crippen LogP contribution >= 0.6 is 0 Å². The molecule has 0 aliphatic heterocycles. The third kappa shape index (κ3) is 8.29. The van der Waals surface area contributed by atoms with Crippen LogP contribution in [0.2, 0.25) is 0 Å². The van der Waals surface area contributed by atoms with Crippen LogP contribution in [0.25, 0.3) is 0 Å². The van der Waals surface area contributed by atoms with Gasteiger partial charge in [-0.3, -0.25) is 34.6 Å². The van der Waals surface area contributed by atoms with Gasteiger partial charge in [-0.2, -0.15) is 0 Å². The normalized spacial score (nSPS) is 12.2. The van der Waals surface area contributed by atoms with E-state index in [4.69, 9.17) is 10.2 Å². The van der Waals surface area contributed by atoms with Crippen LogP contribution in [-0.4, -0.2) is 86.5 Å². The molecule has 0 aliphatic rings. The molecular weight excluding hydrogens is 498 g/mol. The Balaban J connectivity index is 2.35. The number of nitrogens with zero attached hydrogens (tertiary/aromatic N) is 2. The average Bonchev–Trinajstić information content (AvgIpc) is 2.89. The number of nitrogens with one attached hydrogen (secondary N) is 3. The SMILES string of the molecule is O=C(NCC(O)CO)c1cc(NC(=O)c2cc(C(=O)NCC(O)CO)cc([N+](=O)[O-])c2)cc([N+](=O)[O-])c1. The van der Waals surface area contributed by atoms with E-state index < -0.39 is 64.4 Å². The Kier molecular flexibility index (Phi) is 10.1. The number of rotatable bonds is 12. The van der Waals surface area contributed by atoms with Gasteiger partial charge in [0.2, 0.25) is 0 Å². The Morgan fingerprint density at radius 2 is 1.11 bits per heavy atom. The Hall–Kier alpha value is -4.51. The number of non-ortho nitro benzene ring substituents is 2. The Bertz CT molecular complexity index is 1200. The fourth-order valence-electron chi connectivity index (χ4n) is 2.86. The van der Waals surface area contributed by atoms with Crippen LogP contribution in [0.15, 0.2) is 36.4 Å². The zero-order valence-corrected chi connectivity index (χ0v) is 19.0. The number of carbonyl (C=O) groups is 3. The van der Waals surface area contributed by atoms with Gasteiger partial charge in [-0.1, -0.05) is 0 Å². The van der Waals surface area contributed by atoms with Crippen molar-refractivity contribution in [2.45, 2.75) is 12.2 Å². The van der Waals surface area contributed by atoms with E-state index in [2.05, 4.69) is 16.0 Å². The Labute approximate surface area is 207 Å². The van der Waals surface area contributed by atoms with E-state index in [1.165, 1.54) is 0 Å². The Morgan fingerprint density at radius 3 is 1.54 bits per heavy atom. The number of benzene rings is 2. The van der Waals surface area contributed by atoms with Crippen molar-refractivity contribution in [3.63, 3.8) is 0 Å². The minimum absolute atomic E-state index is 0.226. The lowest BCUT2D eigenvalue weighted by Gasteiger charge is -2.12. The van der Waals surface area contributed by atoms with Gasteiger partial charge in [0.1, 0.15) is 0 Å². The summed E-state index contributed by atoms with van der Waals surface area (Å²) in [7, 11) is 0. The van der Waals surface area contributed by atoms with Crippen molar-refractivity contribution in [2.24, 2.45) is 0 Å². The third-order valence-corrected chi connectivity index (χ3v) is 4.72. The number of aliphatic hydroxyl groups is 4. The summed E-state index contributed by atoms with van der Waals surface area (Å²) in [6, 6.07) is 5.66. The molecule has 2 aromatic rings. The molecule has 0 heterocycles. The van der Waals surface area contributed by atoms with Crippen molar-refractivity contribution >= 4 is 34.8 Å². The summed E-state index contributed by atoms with van der Waals surface area (Å²) < 4.78 is 0. The highest BCUT2D eigenvalue weighted by Crippen LogP contribution is 2.23. The van der Waals surface area contributed by atoms with E-state index in [1.807, 2.05) is 0 Å². The molecule has 16 heteroatoms. The number of amides is 3. The summed E-state index contributed by atoms with van der Waals surface area (Å²) in [6.07, 6.45) is -2.55. The molecule has 37 heavy (non-hydrogen) atoms. The molecule has 0 spiro atoms. The predicted molar refractivity (Wildman–Crippen MR) is 125 cm³/mol. The number of anilines is 1. The molecule has 7 N–H and O–H groups in total. The number of nitro groups is 2. The summed E-state index contributed by atoms with van der Waals surface area (Å²) >= 11 is 0. The summed E-state index contributed by atoms with van der Waals surface area (Å²) in [4.78, 5) is 58.4. The molecule has 0 aromatic heterocycles. The molecule has 2 aromatic carbocycles. The van der Waals surface area contributed by atoms with E-state index in [1.54, 1.807) is 0 Å². The molecule has 2 rings (SSSR count). The maximum atomic E-state index is 12.8. The van der Waals surface area contributed by atoms with Crippen LogP contribution in [0.1, 0.15) is 31.1 Å². The largest absolute Gasteiger partial charge is 0.394 e. The van der Waals surface area contributed by atoms with Crippen molar-refractivity contribution in [2.75, 3.05) is 31.6 Å². The van der Waals surface area contributed by atoms with Crippen LogP contribution in [0, 0.1) is 20.2 Å². The molecule has 0 saturated heterocycles. The highest BCUT2D eigenvalue weighted by molar-refractivity contribution is 6.07. The molecule has 2 atom stereocenters. The second-order valence-corrected chi connectivity index (χ2v) is 7.60. The smallest absolute Gasteiger partial charge is 0.272 e. The molecule has 2 unspecified atom stereocenters. The number of hydrogen-bond donors (Lipinski definition) is 7. The first-order chi connectivity index (χ1) is 17.4. The van der Waals surface area contributed by atoms with E-state index >= 15 is 0 Å². The standard InChI is InChI=1S/C21H23N5O11/c27-9-17(29)7-22-19(31)11-1-12(4-15(3-11)25(34)35)21(33)24-14-2-13(5-16(6-14)26(36)37)20(32)23-8-18(30)10-28/h1-6,17-18,27-30H,7-10H2,(H,22,31)(H,23,32)(H,24,33). The zero-order chi connectivity index (χ0) is 27.7. The summed E-state index contributed by atoms with van der Waals surface area (Å²) in [6.45, 7) is -2.00. The second-order valence-electron chi connectivity index (χ2n) is 7.60. The van der Waals surface area contributed by atoms with Gasteiger partial charge in [-0.25, -0.2) is 0 Å². The molecule has 0 bridgehead atoms. The van der Waals surface area contributed by atoms with Crippen molar-refractivity contribution in [1.82, 2.24) is 10.6 Å². The van der Waals surface area contributed by atoms with Gasteiger partial charge in [0.25, 0.3) is 29.1 Å². The third-order valence-electron chi connectivity index (χ3n) is 4.72. The number of hydrogen-bond acceptors (Lipinski definition) is 11. The van der Waals surface area contributed by atoms with E-state index in [0.29, 0.717) is 0 Å². The van der Waals surface area contributed by atoms with Gasteiger partial charge in [0.15, 0.2) is 0 Å². The summed E-state index contributed by atoms with van der Waals surface area (Å²) in [5, 5.41) is 65.8. The lowest BCUT2D eigenvalue weighted by molar-refractivity contribution is -0.385. The number of aliphatic hydroxyl groups excluding tert-OH is 4. The number of carbonyl (C=O) groups excluding carboxylic acids is 3. The molecule has 0 saturated carbocycles. The second kappa shape index (κ2) is 13.0. The van der Waals surface area contributed by atoms with Crippen molar-refractivity contribution in [1.29, 1.82) is 0 Å². The fraction of sp³-hybridized carbons (Fsp3) is 0.286. The molecule has 0 fully saturated rings. The summed E-state index contributed by atoms with van der Waals surface area (Å²) in [5.41, 5.74) is -2.38. The van der Waals surface area contributed by atoms with Crippen molar-refractivity contribution in [3.05, 3.63) is 73.3 Å². The molecule has 0 aliphatic carbocycles. The van der Waals surface area contributed by atoms with Crippen LogP contribution < -0.4 is 16.0 Å². The van der Waals surface area contributed by atoms with Crippen LogP contribution in [0.3, 0.4) is 0 Å².